The number of unbranched alkanes of at least 4 members (excludes halogenated alkanes) is 1. The van der Waals surface area contributed by atoms with Gasteiger partial charge < -0.3 is 18.3 Å². The Kier molecular flexibility index (Phi) is 7.30. The summed E-state index contributed by atoms with van der Waals surface area (Å²) >= 11 is 0. The highest BCUT2D eigenvalue weighted by atomic mass is 28.4. The first-order valence-electron chi connectivity index (χ1n) is 6.58. The van der Waals surface area contributed by atoms with Gasteiger partial charge in [0, 0.05) is 20.3 Å². The van der Waals surface area contributed by atoms with Crippen LogP contribution in [0.2, 0.25) is 12.6 Å². The molecule has 2 unspecified atom stereocenters. The molecule has 0 aromatic heterocycles. The molecule has 2 atom stereocenters. The molecule has 0 spiro atoms. The van der Waals surface area contributed by atoms with Crippen molar-refractivity contribution in [1.82, 2.24) is 0 Å². The van der Waals surface area contributed by atoms with Crippen LogP contribution < -0.4 is 0 Å². The lowest BCUT2D eigenvalue weighted by Gasteiger charge is -2.25. The fraction of sp³-hybridized carbons (Fsp3) is 1.00. The van der Waals surface area contributed by atoms with E-state index in [0.29, 0.717) is 6.10 Å². The van der Waals surface area contributed by atoms with E-state index in [9.17, 15) is 0 Å². The third-order valence-corrected chi connectivity index (χ3v) is 5.90. The maximum Gasteiger partial charge on any atom is 0.334 e. The van der Waals surface area contributed by atoms with Gasteiger partial charge in [-0.15, -0.1) is 0 Å². The average molecular weight is 262 g/mol. The first kappa shape index (κ1) is 15.1. The molecule has 0 N–H and O–H groups in total. The van der Waals surface area contributed by atoms with Crippen LogP contribution in [0.5, 0.6) is 0 Å². The van der Waals surface area contributed by atoms with Crippen molar-refractivity contribution in [3.05, 3.63) is 0 Å². The van der Waals surface area contributed by atoms with E-state index in [0.717, 1.165) is 45.3 Å². The van der Waals surface area contributed by atoms with Crippen molar-refractivity contribution < 1.29 is 18.3 Å². The number of hydrogen-bond acceptors (Lipinski definition) is 4. The van der Waals surface area contributed by atoms with Crippen LogP contribution in [-0.2, 0) is 18.3 Å². The summed E-state index contributed by atoms with van der Waals surface area (Å²) in [6.45, 7) is 7.51. The van der Waals surface area contributed by atoms with Crippen molar-refractivity contribution in [2.75, 3.05) is 33.5 Å². The summed E-state index contributed by atoms with van der Waals surface area (Å²) in [5, 5.41) is 0. The minimum absolute atomic E-state index is 0.363. The second kappa shape index (κ2) is 8.21. The van der Waals surface area contributed by atoms with Gasteiger partial charge in [0.1, 0.15) is 6.10 Å². The summed E-state index contributed by atoms with van der Waals surface area (Å²) in [5.74, 6) is 0. The Morgan fingerprint density at radius 2 is 2.06 bits per heavy atom. The number of epoxide rings is 1. The molecular weight excluding hydrogens is 236 g/mol. The Morgan fingerprint density at radius 3 is 2.65 bits per heavy atom. The van der Waals surface area contributed by atoms with E-state index in [4.69, 9.17) is 18.3 Å². The lowest BCUT2D eigenvalue weighted by Crippen LogP contribution is -2.38. The monoisotopic (exact) mass is 262 g/mol. The number of ether oxygens (including phenoxy) is 2. The van der Waals surface area contributed by atoms with E-state index in [1.54, 1.807) is 7.11 Å². The Bertz CT molecular complexity index is 199. The van der Waals surface area contributed by atoms with Crippen molar-refractivity contribution in [2.45, 2.75) is 44.9 Å². The summed E-state index contributed by atoms with van der Waals surface area (Å²) in [6.07, 6.45) is 3.65. The second-order valence-corrected chi connectivity index (χ2v) is 8.14. The normalized spacial score (nSPS) is 22.4. The number of rotatable bonds is 11. The van der Waals surface area contributed by atoms with E-state index in [2.05, 4.69) is 13.5 Å². The zero-order chi connectivity index (χ0) is 12.6. The predicted octanol–water partition coefficient (Wildman–Crippen LogP) is 2.33. The van der Waals surface area contributed by atoms with Crippen LogP contribution in [0, 0.1) is 0 Å². The zero-order valence-corrected chi connectivity index (χ0v) is 12.4. The fourth-order valence-corrected chi connectivity index (χ4v) is 3.37. The zero-order valence-electron chi connectivity index (χ0n) is 11.4. The summed E-state index contributed by atoms with van der Waals surface area (Å²) in [4.78, 5) is 0. The van der Waals surface area contributed by atoms with Crippen molar-refractivity contribution >= 4 is 8.56 Å². The molecule has 0 amide bonds. The first-order chi connectivity index (χ1) is 8.20. The lowest BCUT2D eigenvalue weighted by atomic mass is 10.4. The van der Waals surface area contributed by atoms with Gasteiger partial charge in [-0.25, -0.2) is 0 Å². The Morgan fingerprint density at radius 1 is 1.29 bits per heavy atom. The van der Waals surface area contributed by atoms with E-state index in [1.165, 1.54) is 6.42 Å². The van der Waals surface area contributed by atoms with Crippen molar-refractivity contribution in [3.8, 4) is 0 Å². The molecule has 0 aliphatic carbocycles. The van der Waals surface area contributed by atoms with Crippen molar-refractivity contribution in [3.63, 3.8) is 0 Å². The molecule has 1 aliphatic heterocycles. The Labute approximate surface area is 106 Å². The molecule has 0 radical (unpaired) electrons. The maximum absolute atomic E-state index is 5.90. The van der Waals surface area contributed by atoms with Gasteiger partial charge in [0.2, 0.25) is 0 Å². The molecule has 1 heterocycles. The molecular formula is C12H26O4Si. The van der Waals surface area contributed by atoms with Crippen LogP contribution in [0.4, 0.5) is 0 Å². The predicted molar refractivity (Wildman–Crippen MR) is 69.5 cm³/mol. The van der Waals surface area contributed by atoms with Gasteiger partial charge in [-0.1, -0.05) is 13.3 Å². The van der Waals surface area contributed by atoms with Gasteiger partial charge in [0.05, 0.1) is 13.2 Å². The van der Waals surface area contributed by atoms with Gasteiger partial charge in [-0.05, 0) is 25.4 Å². The molecule has 1 saturated heterocycles. The third-order valence-electron chi connectivity index (χ3n) is 2.96. The van der Waals surface area contributed by atoms with Gasteiger partial charge in [-0.2, -0.15) is 0 Å². The molecule has 102 valence electrons. The highest BCUT2D eigenvalue weighted by Gasteiger charge is 2.29. The largest absolute Gasteiger partial charge is 0.398 e. The molecule has 0 aromatic rings. The summed E-state index contributed by atoms with van der Waals surface area (Å²) < 4.78 is 22.0. The van der Waals surface area contributed by atoms with Crippen LogP contribution in [-0.4, -0.2) is 48.2 Å². The van der Waals surface area contributed by atoms with Crippen LogP contribution in [0.15, 0.2) is 0 Å². The smallest absolute Gasteiger partial charge is 0.334 e. The van der Waals surface area contributed by atoms with Gasteiger partial charge in [0.15, 0.2) is 0 Å². The number of hydrogen-bond donors (Lipinski definition) is 0. The highest BCUT2D eigenvalue weighted by molar-refractivity contribution is 6.65. The fourth-order valence-electron chi connectivity index (χ4n) is 1.54. The Hall–Kier alpha value is 0.0569. The van der Waals surface area contributed by atoms with Gasteiger partial charge >= 0.3 is 8.56 Å². The summed E-state index contributed by atoms with van der Waals surface area (Å²) in [6, 6.07) is 0.999. The molecule has 1 fully saturated rings. The summed E-state index contributed by atoms with van der Waals surface area (Å²) in [7, 11) is -0.172. The van der Waals surface area contributed by atoms with E-state index >= 15 is 0 Å². The second-order valence-electron chi connectivity index (χ2n) is 4.67. The van der Waals surface area contributed by atoms with Crippen molar-refractivity contribution in [1.29, 1.82) is 0 Å². The molecule has 5 heteroatoms. The van der Waals surface area contributed by atoms with Crippen molar-refractivity contribution in [2.24, 2.45) is 0 Å². The standard InChI is InChI=1S/C12H26O4Si/c1-4-5-8-16-17(3,13-2)9-6-7-14-10-12-11-15-12/h12H,4-11H2,1-3H3. The van der Waals surface area contributed by atoms with Crippen LogP contribution >= 0.6 is 0 Å². The van der Waals surface area contributed by atoms with Crippen LogP contribution in [0.3, 0.4) is 0 Å². The maximum atomic E-state index is 5.90. The minimum atomic E-state index is -1.93. The minimum Gasteiger partial charge on any atom is -0.398 e. The third kappa shape index (κ3) is 7.16. The molecule has 0 bridgehead atoms. The van der Waals surface area contributed by atoms with Crippen LogP contribution in [0.25, 0.3) is 0 Å². The lowest BCUT2D eigenvalue weighted by molar-refractivity contribution is 0.114. The molecule has 4 nitrogen and oxygen atoms in total. The first-order valence-corrected chi connectivity index (χ1v) is 9.11. The molecule has 0 aromatic carbocycles. The average Bonchev–Trinajstić information content (AvgIpc) is 3.13. The van der Waals surface area contributed by atoms with E-state index in [-0.39, 0.29) is 0 Å². The molecule has 17 heavy (non-hydrogen) atoms. The topological polar surface area (TPSA) is 40.2 Å². The molecule has 1 aliphatic rings. The SMILES string of the molecule is CCCCO[Si](C)(CCCOCC1CO1)OC. The van der Waals surface area contributed by atoms with E-state index in [1.807, 2.05) is 0 Å². The van der Waals surface area contributed by atoms with Gasteiger partial charge in [0.25, 0.3) is 0 Å². The highest BCUT2D eigenvalue weighted by Crippen LogP contribution is 2.16. The van der Waals surface area contributed by atoms with Crippen LogP contribution in [0.1, 0.15) is 26.2 Å². The quantitative estimate of drug-likeness (QED) is 0.325. The van der Waals surface area contributed by atoms with E-state index < -0.39 is 8.56 Å². The molecule has 1 rings (SSSR count). The Balaban J connectivity index is 2.02. The molecule has 0 saturated carbocycles. The van der Waals surface area contributed by atoms with Gasteiger partial charge in [-0.3, -0.25) is 0 Å². The summed E-state index contributed by atoms with van der Waals surface area (Å²) in [5.41, 5.74) is 0.